The van der Waals surface area contributed by atoms with Crippen LogP contribution in [0.25, 0.3) is 6.08 Å². The van der Waals surface area contributed by atoms with Gasteiger partial charge in [0.25, 0.3) is 0 Å². The molecule has 0 amide bonds. The average molecular weight is 313 g/mol. The lowest BCUT2D eigenvalue weighted by atomic mass is 10.2. The van der Waals surface area contributed by atoms with Crippen LogP contribution in [-0.4, -0.2) is 17.8 Å². The molecule has 6 heteroatoms. The van der Waals surface area contributed by atoms with E-state index in [4.69, 9.17) is 9.47 Å². The minimum atomic E-state index is -0.499. The van der Waals surface area contributed by atoms with Crippen LogP contribution < -0.4 is 4.74 Å². The minimum absolute atomic E-state index is 0.196. The summed E-state index contributed by atoms with van der Waals surface area (Å²) in [6.45, 7) is 1.32. The van der Waals surface area contributed by atoms with Crippen molar-refractivity contribution in [1.29, 1.82) is 0 Å². The maximum atomic E-state index is 11.9. The van der Waals surface area contributed by atoms with Gasteiger partial charge in [-0.15, -0.1) is 11.3 Å². The van der Waals surface area contributed by atoms with E-state index in [1.54, 1.807) is 30.3 Å². The lowest BCUT2D eigenvalue weighted by molar-refractivity contribution is -0.132. The third kappa shape index (κ3) is 3.12. The normalized spacial score (nSPS) is 15.6. The Morgan fingerprint density at radius 2 is 2.18 bits per heavy atom. The number of hydrogen-bond acceptors (Lipinski definition) is 6. The monoisotopic (exact) mass is 313 g/mol. The molecule has 1 aromatic heterocycles. The standard InChI is InChI=1S/C16H11NO4S/c1-10(18)20-12-5-2-4-11(8-12)15-17-14(16(19)21-15)9-13-6-3-7-22-13/h2-9H,1H3. The molecule has 1 aliphatic heterocycles. The van der Waals surface area contributed by atoms with Crippen LogP contribution in [-0.2, 0) is 14.3 Å². The molecule has 0 unspecified atom stereocenters. The number of carbonyl (C=O) groups is 2. The highest BCUT2D eigenvalue weighted by Gasteiger charge is 2.24. The molecule has 1 aromatic carbocycles. The number of aliphatic imine (C=N–C) groups is 1. The minimum Gasteiger partial charge on any atom is -0.427 e. The molecule has 5 nitrogen and oxygen atoms in total. The molecule has 0 bridgehead atoms. The van der Waals surface area contributed by atoms with Crippen LogP contribution in [0, 0.1) is 0 Å². The number of hydrogen-bond donors (Lipinski definition) is 0. The molecule has 3 rings (SSSR count). The third-order valence-electron chi connectivity index (χ3n) is 2.79. The van der Waals surface area contributed by atoms with E-state index in [1.807, 2.05) is 17.5 Å². The van der Waals surface area contributed by atoms with E-state index < -0.39 is 11.9 Å². The van der Waals surface area contributed by atoms with Gasteiger partial charge in [-0.1, -0.05) is 12.1 Å². The van der Waals surface area contributed by atoms with Crippen LogP contribution >= 0.6 is 11.3 Å². The Bertz CT molecular complexity index is 790. The Balaban J connectivity index is 1.89. The summed E-state index contributed by atoms with van der Waals surface area (Å²) in [5.41, 5.74) is 0.817. The first-order chi connectivity index (χ1) is 10.6. The third-order valence-corrected chi connectivity index (χ3v) is 3.60. The predicted octanol–water partition coefficient (Wildman–Crippen LogP) is 3.02. The van der Waals surface area contributed by atoms with Crippen molar-refractivity contribution in [2.75, 3.05) is 0 Å². The van der Waals surface area contributed by atoms with Gasteiger partial charge < -0.3 is 9.47 Å². The molecule has 22 heavy (non-hydrogen) atoms. The highest BCUT2D eigenvalue weighted by molar-refractivity contribution is 7.10. The van der Waals surface area contributed by atoms with E-state index in [-0.39, 0.29) is 11.6 Å². The average Bonchev–Trinajstić information content (AvgIpc) is 3.10. The molecule has 110 valence electrons. The zero-order valence-electron chi connectivity index (χ0n) is 11.6. The van der Waals surface area contributed by atoms with Crippen LogP contribution in [0.4, 0.5) is 0 Å². The smallest absolute Gasteiger partial charge is 0.363 e. The van der Waals surface area contributed by atoms with Crippen molar-refractivity contribution in [3.8, 4) is 5.75 Å². The van der Waals surface area contributed by atoms with Gasteiger partial charge in [0.05, 0.1) is 0 Å². The fourth-order valence-electron chi connectivity index (χ4n) is 1.90. The molecule has 0 radical (unpaired) electrons. The lowest BCUT2D eigenvalue weighted by Crippen LogP contribution is -2.06. The molecule has 2 heterocycles. The largest absolute Gasteiger partial charge is 0.427 e. The summed E-state index contributed by atoms with van der Waals surface area (Å²) in [4.78, 5) is 28.0. The summed E-state index contributed by atoms with van der Waals surface area (Å²) in [6.07, 6.45) is 1.68. The van der Waals surface area contributed by atoms with Crippen LogP contribution in [0.15, 0.2) is 52.5 Å². The van der Waals surface area contributed by atoms with Gasteiger partial charge in [-0.2, -0.15) is 0 Å². The predicted molar refractivity (Wildman–Crippen MR) is 82.7 cm³/mol. The van der Waals surface area contributed by atoms with E-state index in [2.05, 4.69) is 4.99 Å². The van der Waals surface area contributed by atoms with Crippen LogP contribution in [0.3, 0.4) is 0 Å². The van der Waals surface area contributed by atoms with E-state index in [9.17, 15) is 9.59 Å². The Hall–Kier alpha value is -2.73. The number of carbonyl (C=O) groups excluding carboxylic acids is 2. The SMILES string of the molecule is CC(=O)Oc1cccc(C2=NC(=Cc3cccs3)C(=O)O2)c1. The Morgan fingerprint density at radius 3 is 2.91 bits per heavy atom. The molecule has 0 fully saturated rings. The van der Waals surface area contributed by atoms with Crippen molar-refractivity contribution in [2.45, 2.75) is 6.92 Å². The van der Waals surface area contributed by atoms with E-state index in [1.165, 1.54) is 18.3 Å². The van der Waals surface area contributed by atoms with Gasteiger partial charge in [-0.25, -0.2) is 9.79 Å². The second-order valence-corrected chi connectivity index (χ2v) is 5.45. The van der Waals surface area contributed by atoms with E-state index >= 15 is 0 Å². The van der Waals surface area contributed by atoms with Crippen molar-refractivity contribution >= 4 is 35.2 Å². The molecule has 0 N–H and O–H groups in total. The molecule has 0 aliphatic carbocycles. The summed E-state index contributed by atoms with van der Waals surface area (Å²) in [5, 5.41) is 1.92. The van der Waals surface area contributed by atoms with Crippen molar-refractivity contribution in [3.63, 3.8) is 0 Å². The van der Waals surface area contributed by atoms with E-state index in [0.717, 1.165) is 4.88 Å². The Labute approximate surface area is 130 Å². The van der Waals surface area contributed by atoms with Gasteiger partial charge in [0.15, 0.2) is 5.70 Å². The van der Waals surface area contributed by atoms with Gasteiger partial charge >= 0.3 is 11.9 Å². The molecule has 0 atom stereocenters. The maximum absolute atomic E-state index is 11.9. The Morgan fingerprint density at radius 1 is 1.32 bits per heavy atom. The first kappa shape index (κ1) is 14.2. The fraction of sp³-hybridized carbons (Fsp3) is 0.0625. The van der Waals surface area contributed by atoms with Gasteiger partial charge in [-0.3, -0.25) is 4.79 Å². The van der Waals surface area contributed by atoms with Crippen LogP contribution in [0.1, 0.15) is 17.4 Å². The summed E-state index contributed by atoms with van der Waals surface area (Å²) >= 11 is 1.51. The second kappa shape index (κ2) is 5.95. The van der Waals surface area contributed by atoms with Crippen LogP contribution in [0.5, 0.6) is 5.75 Å². The number of cyclic esters (lactones) is 1. The summed E-state index contributed by atoms with van der Waals surface area (Å²) < 4.78 is 10.2. The molecule has 1 aliphatic rings. The first-order valence-electron chi connectivity index (χ1n) is 6.47. The highest BCUT2D eigenvalue weighted by Crippen LogP contribution is 2.23. The van der Waals surface area contributed by atoms with Gasteiger partial charge in [0.2, 0.25) is 5.90 Å². The summed E-state index contributed by atoms with van der Waals surface area (Å²) in [5.74, 6) is -0.344. The zero-order chi connectivity index (χ0) is 15.5. The molecule has 0 saturated heterocycles. The number of ether oxygens (including phenoxy) is 2. The highest BCUT2D eigenvalue weighted by atomic mass is 32.1. The summed E-state index contributed by atoms with van der Waals surface area (Å²) in [7, 11) is 0. The molecule has 2 aromatic rings. The second-order valence-electron chi connectivity index (χ2n) is 4.47. The van der Waals surface area contributed by atoms with Crippen molar-refractivity contribution < 1.29 is 19.1 Å². The Kier molecular flexibility index (Phi) is 3.84. The number of nitrogens with zero attached hydrogens (tertiary/aromatic N) is 1. The van der Waals surface area contributed by atoms with Gasteiger partial charge in [-0.05, 0) is 35.7 Å². The van der Waals surface area contributed by atoms with Crippen molar-refractivity contribution in [2.24, 2.45) is 4.99 Å². The van der Waals surface area contributed by atoms with Crippen LogP contribution in [0.2, 0.25) is 0 Å². The molecule has 0 saturated carbocycles. The number of benzene rings is 1. The number of thiophene rings is 1. The topological polar surface area (TPSA) is 65.0 Å². The van der Waals surface area contributed by atoms with Crippen molar-refractivity contribution in [1.82, 2.24) is 0 Å². The molecular formula is C16H11NO4S. The first-order valence-corrected chi connectivity index (χ1v) is 7.35. The van der Waals surface area contributed by atoms with Crippen molar-refractivity contribution in [3.05, 3.63) is 57.9 Å². The molecule has 0 spiro atoms. The quantitative estimate of drug-likeness (QED) is 0.496. The molecular weight excluding hydrogens is 302 g/mol. The van der Waals surface area contributed by atoms with E-state index in [0.29, 0.717) is 11.3 Å². The van der Waals surface area contributed by atoms with Gasteiger partial charge in [0, 0.05) is 17.4 Å². The van der Waals surface area contributed by atoms with Gasteiger partial charge in [0.1, 0.15) is 5.75 Å². The fourth-order valence-corrected chi connectivity index (χ4v) is 2.55. The summed E-state index contributed by atoms with van der Waals surface area (Å²) in [6, 6.07) is 10.5. The number of esters is 2. The number of rotatable bonds is 3. The maximum Gasteiger partial charge on any atom is 0.363 e. The lowest BCUT2D eigenvalue weighted by Gasteiger charge is -2.03. The zero-order valence-corrected chi connectivity index (χ0v) is 12.4.